The van der Waals surface area contributed by atoms with Gasteiger partial charge in [-0.25, -0.2) is 4.57 Å². The van der Waals surface area contributed by atoms with E-state index in [1.54, 1.807) is 6.08 Å². The Morgan fingerprint density at radius 3 is 1.68 bits per heavy atom. The molecule has 0 aliphatic rings. The molecule has 56 heavy (non-hydrogen) atoms. The molecule has 0 rings (SSSR count). The van der Waals surface area contributed by atoms with Gasteiger partial charge in [-0.1, -0.05) is 132 Å². The zero-order chi connectivity index (χ0) is 41.2. The molecule has 0 saturated heterocycles. The van der Waals surface area contributed by atoms with E-state index in [0.29, 0.717) is 19.3 Å². The van der Waals surface area contributed by atoms with Crippen LogP contribution in [-0.4, -0.2) is 55.1 Å². The van der Waals surface area contributed by atoms with E-state index in [1.165, 1.54) is 44.9 Å². The smallest absolute Gasteiger partial charge is 0.462 e. The zero-order valence-corrected chi connectivity index (χ0v) is 35.7. The highest BCUT2D eigenvalue weighted by Crippen LogP contribution is 2.43. The average molecular weight is 806 g/mol. The minimum Gasteiger partial charge on any atom is -0.462 e. The van der Waals surface area contributed by atoms with Crippen molar-refractivity contribution >= 4 is 25.5 Å². The molecule has 0 heterocycles. The zero-order valence-electron chi connectivity index (χ0n) is 34.8. The molecule has 2 atom stereocenters. The first-order chi connectivity index (χ1) is 27.2. The molecule has 0 spiro atoms. The summed E-state index contributed by atoms with van der Waals surface area (Å²) < 4.78 is 32.6. The number of rotatable bonds is 39. The van der Waals surface area contributed by atoms with Gasteiger partial charge in [0.1, 0.15) is 6.61 Å². The molecule has 1 unspecified atom stereocenters. The lowest BCUT2D eigenvalue weighted by molar-refractivity contribution is -0.161. The van der Waals surface area contributed by atoms with Crippen molar-refractivity contribution in [3.8, 4) is 0 Å². The first kappa shape index (κ1) is 53.1. The van der Waals surface area contributed by atoms with Crippen LogP contribution in [0.5, 0.6) is 0 Å². The third-order valence-corrected chi connectivity index (χ3v) is 9.53. The first-order valence-electron chi connectivity index (χ1n) is 21.4. The molecule has 0 radical (unpaired) electrons. The van der Waals surface area contributed by atoms with E-state index < -0.39 is 32.5 Å². The molecule has 0 aromatic carbocycles. The Morgan fingerprint density at radius 1 is 0.589 bits per heavy atom. The van der Waals surface area contributed by atoms with Crippen LogP contribution in [0.2, 0.25) is 0 Å². The summed E-state index contributed by atoms with van der Waals surface area (Å²) in [5.74, 6) is -0.846. The van der Waals surface area contributed by atoms with Crippen LogP contribution in [0.15, 0.2) is 72.9 Å². The van der Waals surface area contributed by atoms with Gasteiger partial charge in [-0.2, -0.15) is 0 Å². The largest absolute Gasteiger partial charge is 0.472 e. The van der Waals surface area contributed by atoms with E-state index in [0.717, 1.165) is 70.6 Å². The number of hydrogen-bond acceptors (Lipinski definition) is 9. The van der Waals surface area contributed by atoms with Crippen LogP contribution in [-0.2, 0) is 37.5 Å². The Labute approximate surface area is 339 Å². The van der Waals surface area contributed by atoms with Gasteiger partial charge in [-0.15, -0.1) is 0 Å². The molecule has 0 amide bonds. The van der Waals surface area contributed by atoms with Crippen LogP contribution < -0.4 is 5.73 Å². The third kappa shape index (κ3) is 39.4. The van der Waals surface area contributed by atoms with E-state index in [2.05, 4.69) is 68.5 Å². The van der Waals surface area contributed by atoms with Crippen molar-refractivity contribution in [1.29, 1.82) is 0 Å². The number of nitrogens with two attached hydrogens (primary N) is 1. The molecule has 0 fully saturated rings. The molecular formula is C45H76NO9P. The third-order valence-electron chi connectivity index (χ3n) is 8.54. The van der Waals surface area contributed by atoms with Gasteiger partial charge in [0, 0.05) is 25.8 Å². The minimum atomic E-state index is -4.42. The number of carbonyl (C=O) groups excluding carboxylic acids is 3. The number of ketones is 1. The standard InChI is InChI=1S/C45H76NO9P/c1-3-5-7-9-11-12-13-14-15-16-17-18-19-20-21-22-24-28-33-37-45(49)55-43(41-54-56(50,51)53-39-38-46)40-52-44(48)36-32-29-25-27-31-35-42(47)34-30-26-23-10-8-6-4-2/h11-12,14-15,17-18,20-21,23,26,30,34,43H,3-10,13,16,19,22,24-25,27-29,31-33,35-41,46H2,1-2H3,(H,50,51)/b12-11-,15-14-,18-17-,21-20-,26-23-,34-30+/t43-/m1/s1. The van der Waals surface area contributed by atoms with Gasteiger partial charge in [0.25, 0.3) is 0 Å². The minimum absolute atomic E-state index is 0.0267. The lowest BCUT2D eigenvalue weighted by atomic mass is 10.1. The highest BCUT2D eigenvalue weighted by molar-refractivity contribution is 7.47. The summed E-state index contributed by atoms with van der Waals surface area (Å²) in [4.78, 5) is 46.8. The Balaban J connectivity index is 4.33. The van der Waals surface area contributed by atoms with Crippen LogP contribution in [0.4, 0.5) is 0 Å². The number of hydrogen-bond donors (Lipinski definition) is 2. The number of carbonyl (C=O) groups is 3. The maximum absolute atomic E-state index is 12.6. The van der Waals surface area contributed by atoms with Gasteiger partial charge in [-0.3, -0.25) is 23.4 Å². The molecule has 0 saturated carbocycles. The van der Waals surface area contributed by atoms with Gasteiger partial charge in [0.15, 0.2) is 11.9 Å². The normalized spacial score (nSPS) is 13.9. The molecular weight excluding hydrogens is 729 g/mol. The van der Waals surface area contributed by atoms with Crippen molar-refractivity contribution in [3.05, 3.63) is 72.9 Å². The van der Waals surface area contributed by atoms with Crippen molar-refractivity contribution in [1.82, 2.24) is 0 Å². The second-order valence-corrected chi connectivity index (χ2v) is 15.3. The quantitative estimate of drug-likeness (QED) is 0.0153. The lowest BCUT2D eigenvalue weighted by Gasteiger charge is -2.19. The summed E-state index contributed by atoms with van der Waals surface area (Å²) in [6.07, 6.45) is 44.6. The van der Waals surface area contributed by atoms with Crippen LogP contribution in [0, 0.1) is 0 Å². The van der Waals surface area contributed by atoms with Crippen molar-refractivity contribution in [2.24, 2.45) is 5.73 Å². The number of esters is 2. The summed E-state index contributed by atoms with van der Waals surface area (Å²) in [6.45, 7) is 3.46. The number of phosphoric ester groups is 1. The van der Waals surface area contributed by atoms with Crippen LogP contribution in [0.25, 0.3) is 0 Å². The molecule has 0 aliphatic heterocycles. The van der Waals surface area contributed by atoms with Crippen molar-refractivity contribution in [3.63, 3.8) is 0 Å². The Bertz CT molecular complexity index is 1210. The van der Waals surface area contributed by atoms with Crippen molar-refractivity contribution in [2.75, 3.05) is 26.4 Å². The fraction of sp³-hybridized carbons (Fsp3) is 0.667. The first-order valence-corrected chi connectivity index (χ1v) is 22.9. The highest BCUT2D eigenvalue weighted by atomic mass is 31.2. The molecule has 10 nitrogen and oxygen atoms in total. The summed E-state index contributed by atoms with van der Waals surface area (Å²) in [7, 11) is -4.42. The molecule has 0 aliphatic carbocycles. The second kappa shape index (κ2) is 40.3. The SMILES string of the molecule is CCCCC/C=C\C=C\C(=O)CCCCCCCC(=O)OC[C@H](COP(=O)(O)OCCN)OC(=O)CCCCC/C=C\C/C=C\C/C=C\C/C=C\CCCCC. The molecule has 0 aromatic heterocycles. The van der Waals surface area contributed by atoms with E-state index >= 15 is 0 Å². The van der Waals surface area contributed by atoms with Crippen LogP contribution >= 0.6 is 7.82 Å². The molecule has 320 valence electrons. The Hall–Kier alpha value is -2.88. The van der Waals surface area contributed by atoms with Crippen molar-refractivity contribution < 1.29 is 42.4 Å². The van der Waals surface area contributed by atoms with Gasteiger partial charge in [-0.05, 0) is 83.1 Å². The highest BCUT2D eigenvalue weighted by Gasteiger charge is 2.26. The van der Waals surface area contributed by atoms with Gasteiger partial charge in [0.2, 0.25) is 0 Å². The number of unbranched alkanes of at least 4 members (excludes halogenated alkanes) is 13. The number of phosphoric acid groups is 1. The van der Waals surface area contributed by atoms with E-state index in [4.69, 9.17) is 24.3 Å². The van der Waals surface area contributed by atoms with Gasteiger partial charge < -0.3 is 20.1 Å². The maximum atomic E-state index is 12.6. The van der Waals surface area contributed by atoms with Crippen molar-refractivity contribution in [2.45, 2.75) is 168 Å². The van der Waals surface area contributed by atoms with Crippen LogP contribution in [0.1, 0.15) is 162 Å². The van der Waals surface area contributed by atoms with Gasteiger partial charge in [0.05, 0.1) is 13.2 Å². The van der Waals surface area contributed by atoms with Gasteiger partial charge >= 0.3 is 19.8 Å². The second-order valence-electron chi connectivity index (χ2n) is 13.9. The Kier molecular flexibility index (Phi) is 38.2. The molecule has 0 bridgehead atoms. The molecule has 0 aromatic rings. The fourth-order valence-corrected chi connectivity index (χ4v) is 6.07. The van der Waals surface area contributed by atoms with E-state index in [1.807, 2.05) is 12.2 Å². The van der Waals surface area contributed by atoms with E-state index in [-0.39, 0.29) is 38.4 Å². The predicted octanol–water partition coefficient (Wildman–Crippen LogP) is 11.5. The average Bonchev–Trinajstić information content (AvgIpc) is 3.18. The summed E-state index contributed by atoms with van der Waals surface area (Å²) >= 11 is 0. The fourth-order valence-electron chi connectivity index (χ4n) is 5.30. The lowest BCUT2D eigenvalue weighted by Crippen LogP contribution is -2.29. The Morgan fingerprint density at radius 2 is 1.09 bits per heavy atom. The summed E-state index contributed by atoms with van der Waals surface area (Å²) in [6, 6.07) is 0. The molecule has 3 N–H and O–H groups in total. The summed E-state index contributed by atoms with van der Waals surface area (Å²) in [5, 5.41) is 0. The maximum Gasteiger partial charge on any atom is 0.472 e. The van der Waals surface area contributed by atoms with E-state index in [9.17, 15) is 23.8 Å². The topological polar surface area (TPSA) is 151 Å². The number of ether oxygens (including phenoxy) is 2. The van der Waals surface area contributed by atoms with Crippen LogP contribution in [0.3, 0.4) is 0 Å². The summed E-state index contributed by atoms with van der Waals surface area (Å²) in [5.41, 5.74) is 5.33. The molecule has 11 heteroatoms. The monoisotopic (exact) mass is 806 g/mol. The number of allylic oxidation sites excluding steroid dienone is 12. The predicted molar refractivity (Wildman–Crippen MR) is 229 cm³/mol.